The van der Waals surface area contributed by atoms with E-state index >= 15 is 0 Å². The van der Waals surface area contributed by atoms with Crippen LogP contribution in [0.5, 0.6) is 0 Å². The van der Waals surface area contributed by atoms with E-state index in [0.29, 0.717) is 25.7 Å². The summed E-state index contributed by atoms with van der Waals surface area (Å²) in [5.74, 6) is 0.119. The molecule has 0 aliphatic carbocycles. The van der Waals surface area contributed by atoms with E-state index in [1.54, 1.807) is 0 Å². The fraction of sp³-hybridized carbons (Fsp3) is 0.943. The maximum absolute atomic E-state index is 13.0. The van der Waals surface area contributed by atoms with E-state index < -0.39 is 97.5 Å². The smallest absolute Gasteiger partial charge is 0.462 e. The Morgan fingerprint density at radius 2 is 0.573 bits per heavy atom. The minimum Gasteiger partial charge on any atom is -0.462 e. The van der Waals surface area contributed by atoms with Crippen molar-refractivity contribution in [2.24, 2.45) is 17.8 Å². The van der Waals surface area contributed by atoms with Crippen LogP contribution in [0.15, 0.2) is 0 Å². The first-order valence-electron chi connectivity index (χ1n) is 36.4. The summed E-state index contributed by atoms with van der Waals surface area (Å²) >= 11 is 0. The molecule has 0 aromatic rings. The standard InChI is InChI=1S/C70H136O17P2/c1-8-10-11-12-13-14-23-29-37-44-51-67(72)80-58-66(87-70(75)54-47-40-33-32-36-43-50-63(7)9-2)60-85-89(78,79)83-56-64(71)55-82-88(76,77)84-59-65(57-81-68(73)52-45-38-30-26-25-28-35-42-49-62(5)6)86-69(74)53-46-39-31-24-21-19-17-15-16-18-20-22-27-34-41-48-61(3)4/h61-66,71H,8-60H2,1-7H3,(H,76,77)(H,78,79)/t63?,64-,65-,66-/m1/s1. The molecule has 0 aliphatic rings. The quantitative estimate of drug-likeness (QED) is 0.0222. The van der Waals surface area contributed by atoms with Crippen LogP contribution in [0.25, 0.3) is 0 Å². The largest absolute Gasteiger partial charge is 0.472 e. The van der Waals surface area contributed by atoms with Crippen LogP contribution in [0, 0.1) is 17.8 Å². The van der Waals surface area contributed by atoms with Gasteiger partial charge >= 0.3 is 39.5 Å². The summed E-state index contributed by atoms with van der Waals surface area (Å²) in [6.07, 6.45) is 44.5. The molecule has 528 valence electrons. The lowest BCUT2D eigenvalue weighted by molar-refractivity contribution is -0.161. The van der Waals surface area contributed by atoms with Crippen LogP contribution >= 0.6 is 15.6 Å². The molecule has 0 aromatic carbocycles. The zero-order chi connectivity index (χ0) is 65.9. The van der Waals surface area contributed by atoms with Crippen LogP contribution in [0.4, 0.5) is 0 Å². The fourth-order valence-electron chi connectivity index (χ4n) is 10.5. The van der Waals surface area contributed by atoms with Gasteiger partial charge in [0.1, 0.15) is 19.3 Å². The fourth-order valence-corrected chi connectivity index (χ4v) is 12.1. The van der Waals surface area contributed by atoms with Crippen LogP contribution in [0.1, 0.15) is 350 Å². The monoisotopic (exact) mass is 1310 g/mol. The first-order chi connectivity index (χ1) is 42.8. The third-order valence-corrected chi connectivity index (χ3v) is 18.4. The number of aliphatic hydroxyl groups is 1. The van der Waals surface area contributed by atoms with Gasteiger partial charge in [0.2, 0.25) is 0 Å². The predicted molar refractivity (Wildman–Crippen MR) is 358 cm³/mol. The number of carbonyl (C=O) groups excluding carboxylic acids is 4. The maximum atomic E-state index is 13.0. The lowest BCUT2D eigenvalue weighted by Crippen LogP contribution is -2.30. The van der Waals surface area contributed by atoms with E-state index in [1.807, 2.05) is 0 Å². The second-order valence-corrected chi connectivity index (χ2v) is 29.4. The van der Waals surface area contributed by atoms with Crippen molar-refractivity contribution in [1.82, 2.24) is 0 Å². The summed E-state index contributed by atoms with van der Waals surface area (Å²) in [7, 11) is -9.90. The van der Waals surface area contributed by atoms with Crippen LogP contribution in [0.2, 0.25) is 0 Å². The van der Waals surface area contributed by atoms with Crippen molar-refractivity contribution in [3.8, 4) is 0 Å². The molecule has 0 saturated heterocycles. The van der Waals surface area contributed by atoms with Gasteiger partial charge in [-0.3, -0.25) is 37.3 Å². The van der Waals surface area contributed by atoms with Crippen LogP contribution in [-0.2, 0) is 65.4 Å². The Morgan fingerprint density at radius 3 is 0.854 bits per heavy atom. The molecule has 0 fully saturated rings. The van der Waals surface area contributed by atoms with E-state index in [-0.39, 0.29) is 25.7 Å². The van der Waals surface area contributed by atoms with E-state index in [0.717, 1.165) is 108 Å². The molecule has 0 aliphatic heterocycles. The highest BCUT2D eigenvalue weighted by atomic mass is 31.2. The molecule has 0 amide bonds. The van der Waals surface area contributed by atoms with Gasteiger partial charge in [0.15, 0.2) is 12.2 Å². The van der Waals surface area contributed by atoms with E-state index in [2.05, 4.69) is 48.5 Å². The van der Waals surface area contributed by atoms with Gasteiger partial charge in [-0.1, -0.05) is 299 Å². The topological polar surface area (TPSA) is 237 Å². The third kappa shape index (κ3) is 63.2. The van der Waals surface area contributed by atoms with Gasteiger partial charge < -0.3 is 33.8 Å². The number of esters is 4. The van der Waals surface area contributed by atoms with Gasteiger partial charge in [0, 0.05) is 25.7 Å². The number of rotatable bonds is 68. The second kappa shape index (κ2) is 61.0. The molecule has 0 radical (unpaired) electrons. The molecule has 3 N–H and O–H groups in total. The SMILES string of the molecule is CCCCCCCCCCCCC(=O)OC[C@H](COP(=O)(O)OC[C@H](O)COP(=O)(O)OC[C@@H](COC(=O)CCCCCCCCCCC(C)C)OC(=O)CCCCCCCCCCCCCCCCCC(C)C)OC(=O)CCCCCCCCC(C)CC. The van der Waals surface area contributed by atoms with Crippen molar-refractivity contribution in [3.05, 3.63) is 0 Å². The van der Waals surface area contributed by atoms with Crippen LogP contribution < -0.4 is 0 Å². The zero-order valence-corrected chi connectivity index (χ0v) is 59.7. The predicted octanol–water partition coefficient (Wildman–Crippen LogP) is 19.8. The van der Waals surface area contributed by atoms with Crippen molar-refractivity contribution < 1.29 is 80.2 Å². The van der Waals surface area contributed by atoms with Gasteiger partial charge in [-0.2, -0.15) is 0 Å². The highest BCUT2D eigenvalue weighted by molar-refractivity contribution is 7.47. The first-order valence-corrected chi connectivity index (χ1v) is 39.4. The molecule has 0 rings (SSSR count). The number of phosphoric ester groups is 2. The van der Waals surface area contributed by atoms with Gasteiger partial charge in [-0.05, 0) is 43.4 Å². The Balaban J connectivity index is 5.22. The summed E-state index contributed by atoms with van der Waals surface area (Å²) in [4.78, 5) is 72.5. The number of carbonyl (C=O) groups is 4. The minimum absolute atomic E-state index is 0.103. The molecule has 0 heterocycles. The molecule has 3 unspecified atom stereocenters. The van der Waals surface area contributed by atoms with Crippen molar-refractivity contribution in [3.63, 3.8) is 0 Å². The summed E-state index contributed by atoms with van der Waals surface area (Å²) < 4.78 is 68.2. The summed E-state index contributed by atoms with van der Waals surface area (Å²) in [6, 6.07) is 0. The van der Waals surface area contributed by atoms with Gasteiger partial charge in [0.05, 0.1) is 26.4 Å². The Morgan fingerprint density at radius 1 is 0.326 bits per heavy atom. The number of aliphatic hydroxyl groups excluding tert-OH is 1. The van der Waals surface area contributed by atoms with Crippen molar-refractivity contribution >= 4 is 39.5 Å². The van der Waals surface area contributed by atoms with E-state index in [1.165, 1.54) is 161 Å². The Labute approximate surface area is 543 Å². The number of phosphoric acid groups is 2. The van der Waals surface area contributed by atoms with Crippen LogP contribution in [0.3, 0.4) is 0 Å². The molecule has 89 heavy (non-hydrogen) atoms. The van der Waals surface area contributed by atoms with Gasteiger partial charge in [0.25, 0.3) is 0 Å². The summed E-state index contributed by atoms with van der Waals surface area (Å²) in [5, 5.41) is 10.6. The number of ether oxygens (including phenoxy) is 4. The summed E-state index contributed by atoms with van der Waals surface area (Å²) in [5.41, 5.74) is 0. The third-order valence-electron chi connectivity index (χ3n) is 16.5. The number of unbranched alkanes of at least 4 members (excludes halogenated alkanes) is 35. The lowest BCUT2D eigenvalue weighted by atomic mass is 10.00. The number of hydrogen-bond acceptors (Lipinski definition) is 15. The van der Waals surface area contributed by atoms with E-state index in [9.17, 15) is 43.2 Å². The van der Waals surface area contributed by atoms with Gasteiger partial charge in [-0.25, -0.2) is 9.13 Å². The average molecular weight is 1310 g/mol. The van der Waals surface area contributed by atoms with Crippen molar-refractivity contribution in [2.75, 3.05) is 39.6 Å². The Bertz CT molecular complexity index is 1750. The van der Waals surface area contributed by atoms with Gasteiger partial charge in [-0.15, -0.1) is 0 Å². The molecule has 17 nitrogen and oxygen atoms in total. The van der Waals surface area contributed by atoms with E-state index in [4.69, 9.17) is 37.0 Å². The first kappa shape index (κ1) is 87.1. The minimum atomic E-state index is -4.95. The summed E-state index contributed by atoms with van der Waals surface area (Å²) in [6.45, 7) is 11.8. The van der Waals surface area contributed by atoms with Crippen molar-refractivity contribution in [2.45, 2.75) is 369 Å². The second-order valence-electron chi connectivity index (χ2n) is 26.5. The van der Waals surface area contributed by atoms with Crippen LogP contribution in [-0.4, -0.2) is 96.7 Å². The molecule has 0 spiro atoms. The molecule has 0 bridgehead atoms. The highest BCUT2D eigenvalue weighted by Crippen LogP contribution is 2.45. The normalized spacial score (nSPS) is 14.5. The zero-order valence-electron chi connectivity index (χ0n) is 57.9. The Kier molecular flexibility index (Phi) is 59.6. The molecule has 0 saturated carbocycles. The highest BCUT2D eigenvalue weighted by Gasteiger charge is 2.30. The number of hydrogen-bond donors (Lipinski definition) is 3. The molecular formula is C70H136O17P2. The molecule has 19 heteroatoms. The molecular weight excluding hydrogens is 1170 g/mol. The average Bonchev–Trinajstić information content (AvgIpc) is 3.70. The lowest BCUT2D eigenvalue weighted by Gasteiger charge is -2.21. The Hall–Kier alpha value is -1.94. The van der Waals surface area contributed by atoms with Crippen molar-refractivity contribution in [1.29, 1.82) is 0 Å². The molecule has 6 atom stereocenters. The maximum Gasteiger partial charge on any atom is 0.472 e. The molecule has 0 aromatic heterocycles.